The summed E-state index contributed by atoms with van der Waals surface area (Å²) in [7, 11) is 0. The Balaban J connectivity index is 2.58. The van der Waals surface area contributed by atoms with Crippen LogP contribution < -0.4 is 0 Å². The Bertz CT molecular complexity index is 331. The van der Waals surface area contributed by atoms with Crippen molar-refractivity contribution in [3.8, 4) is 0 Å². The summed E-state index contributed by atoms with van der Waals surface area (Å²) in [6.45, 7) is 4.32. The zero-order valence-corrected chi connectivity index (χ0v) is 8.10. The van der Waals surface area contributed by atoms with Crippen LogP contribution in [0.1, 0.15) is 37.8 Å². The summed E-state index contributed by atoms with van der Waals surface area (Å²) in [4.78, 5) is 3.92. The average Bonchev–Trinajstić information content (AvgIpc) is 2.06. The fraction of sp³-hybridized carbons (Fsp3) is 0.545. The maximum absolute atomic E-state index is 13.4. The van der Waals surface area contributed by atoms with Crippen LogP contribution >= 0.6 is 0 Å². The highest BCUT2D eigenvalue weighted by atomic mass is 19.1. The van der Waals surface area contributed by atoms with Gasteiger partial charge < -0.3 is 0 Å². The van der Waals surface area contributed by atoms with Gasteiger partial charge >= 0.3 is 0 Å². The highest BCUT2D eigenvalue weighted by Crippen LogP contribution is 2.36. The second kappa shape index (κ2) is 2.79. The number of aromatic nitrogens is 1. The summed E-state index contributed by atoms with van der Waals surface area (Å²) in [5.41, 5.74) is 2.08. The number of nitrogens with zero attached hydrogens (tertiary/aromatic N) is 1. The Labute approximate surface area is 78.0 Å². The van der Waals surface area contributed by atoms with Gasteiger partial charge in [-0.3, -0.25) is 4.98 Å². The van der Waals surface area contributed by atoms with E-state index in [1.165, 1.54) is 6.20 Å². The molecule has 1 heterocycles. The van der Waals surface area contributed by atoms with E-state index in [0.29, 0.717) is 0 Å². The molecule has 0 atom stereocenters. The summed E-state index contributed by atoms with van der Waals surface area (Å²) in [6, 6.07) is 0. The summed E-state index contributed by atoms with van der Waals surface area (Å²) >= 11 is 0. The van der Waals surface area contributed by atoms with E-state index in [4.69, 9.17) is 0 Å². The van der Waals surface area contributed by atoms with Crippen LogP contribution in [0.25, 0.3) is 0 Å². The number of halogens is 1. The molecule has 0 fully saturated rings. The van der Waals surface area contributed by atoms with Crippen LogP contribution in [-0.4, -0.2) is 4.98 Å². The summed E-state index contributed by atoms with van der Waals surface area (Å²) in [5.74, 6) is -0.134. The first kappa shape index (κ1) is 8.67. The van der Waals surface area contributed by atoms with Crippen molar-refractivity contribution in [3.05, 3.63) is 29.3 Å². The highest BCUT2D eigenvalue weighted by Gasteiger charge is 2.29. The monoisotopic (exact) mass is 179 g/mol. The first-order valence-corrected chi connectivity index (χ1v) is 4.74. The molecule has 13 heavy (non-hydrogen) atoms. The Morgan fingerprint density at radius 1 is 1.38 bits per heavy atom. The lowest BCUT2D eigenvalue weighted by Gasteiger charge is -2.31. The SMILES string of the molecule is CC1(C)CCCc2c(F)cncc21. The lowest BCUT2D eigenvalue weighted by atomic mass is 9.73. The van der Waals surface area contributed by atoms with Gasteiger partial charge in [0.2, 0.25) is 0 Å². The van der Waals surface area contributed by atoms with Crippen LogP contribution in [0, 0.1) is 5.82 Å². The summed E-state index contributed by atoms with van der Waals surface area (Å²) < 4.78 is 13.4. The smallest absolute Gasteiger partial charge is 0.144 e. The first-order valence-electron chi connectivity index (χ1n) is 4.74. The third-order valence-corrected chi connectivity index (χ3v) is 2.96. The molecule has 0 saturated carbocycles. The van der Waals surface area contributed by atoms with Crippen LogP contribution in [-0.2, 0) is 11.8 Å². The lowest BCUT2D eigenvalue weighted by Crippen LogP contribution is -2.24. The van der Waals surface area contributed by atoms with Crippen LogP contribution in [0.2, 0.25) is 0 Å². The Morgan fingerprint density at radius 3 is 2.85 bits per heavy atom. The molecule has 1 aliphatic rings. The quantitative estimate of drug-likeness (QED) is 0.596. The molecule has 1 nitrogen and oxygen atoms in total. The van der Waals surface area contributed by atoms with Gasteiger partial charge in [-0.15, -0.1) is 0 Å². The van der Waals surface area contributed by atoms with Gasteiger partial charge in [-0.05, 0) is 35.8 Å². The van der Waals surface area contributed by atoms with Gasteiger partial charge in [0, 0.05) is 6.20 Å². The predicted octanol–water partition coefficient (Wildman–Crippen LogP) is 2.83. The maximum Gasteiger partial charge on any atom is 0.144 e. The molecule has 1 aromatic heterocycles. The molecule has 2 heteroatoms. The fourth-order valence-electron chi connectivity index (χ4n) is 2.14. The second-order valence-electron chi connectivity index (χ2n) is 4.38. The molecule has 2 rings (SSSR count). The van der Waals surface area contributed by atoms with Crippen molar-refractivity contribution in [1.82, 2.24) is 4.98 Å². The minimum Gasteiger partial charge on any atom is -0.261 e. The Hall–Kier alpha value is -0.920. The van der Waals surface area contributed by atoms with Crippen molar-refractivity contribution in [2.24, 2.45) is 0 Å². The van der Waals surface area contributed by atoms with Crippen molar-refractivity contribution in [2.75, 3.05) is 0 Å². The van der Waals surface area contributed by atoms with Gasteiger partial charge in [-0.1, -0.05) is 13.8 Å². The molecule has 0 spiro atoms. The molecule has 70 valence electrons. The number of hydrogen-bond acceptors (Lipinski definition) is 1. The van der Waals surface area contributed by atoms with Gasteiger partial charge in [0.05, 0.1) is 6.20 Å². The predicted molar refractivity (Wildman–Crippen MR) is 50.2 cm³/mol. The summed E-state index contributed by atoms with van der Waals surface area (Å²) in [5, 5.41) is 0. The molecule has 0 N–H and O–H groups in total. The molecule has 1 aromatic rings. The zero-order chi connectivity index (χ0) is 9.47. The zero-order valence-electron chi connectivity index (χ0n) is 8.10. The van der Waals surface area contributed by atoms with Crippen molar-refractivity contribution >= 4 is 0 Å². The van der Waals surface area contributed by atoms with Crippen molar-refractivity contribution < 1.29 is 4.39 Å². The van der Waals surface area contributed by atoms with Crippen molar-refractivity contribution in [2.45, 2.75) is 38.5 Å². The van der Waals surface area contributed by atoms with Gasteiger partial charge in [0.1, 0.15) is 5.82 Å². The van der Waals surface area contributed by atoms with E-state index in [0.717, 1.165) is 30.4 Å². The molecular weight excluding hydrogens is 165 g/mol. The number of rotatable bonds is 0. The van der Waals surface area contributed by atoms with E-state index in [1.807, 2.05) is 6.20 Å². The topological polar surface area (TPSA) is 12.9 Å². The third kappa shape index (κ3) is 1.34. The summed E-state index contributed by atoms with van der Waals surface area (Å²) in [6.07, 6.45) is 6.22. The second-order valence-corrected chi connectivity index (χ2v) is 4.38. The van der Waals surface area contributed by atoms with E-state index in [9.17, 15) is 4.39 Å². The maximum atomic E-state index is 13.4. The molecule has 0 aromatic carbocycles. The fourth-order valence-corrected chi connectivity index (χ4v) is 2.14. The minimum atomic E-state index is -0.134. The molecule has 0 radical (unpaired) electrons. The van der Waals surface area contributed by atoms with Crippen molar-refractivity contribution in [3.63, 3.8) is 0 Å². The van der Waals surface area contributed by atoms with Crippen molar-refractivity contribution in [1.29, 1.82) is 0 Å². The van der Waals surface area contributed by atoms with Crippen LogP contribution in [0.15, 0.2) is 12.4 Å². The first-order chi connectivity index (χ1) is 6.11. The van der Waals surface area contributed by atoms with Crippen LogP contribution in [0.3, 0.4) is 0 Å². The number of hydrogen-bond donors (Lipinski definition) is 0. The molecule has 0 bridgehead atoms. The lowest BCUT2D eigenvalue weighted by molar-refractivity contribution is 0.418. The van der Waals surface area contributed by atoms with Gasteiger partial charge in [-0.25, -0.2) is 4.39 Å². The van der Waals surface area contributed by atoms with E-state index in [1.54, 1.807) is 0 Å². The highest BCUT2D eigenvalue weighted by molar-refractivity contribution is 5.33. The largest absolute Gasteiger partial charge is 0.261 e. The standard InChI is InChI=1S/C11H14FN/c1-11(2)5-3-4-8-9(11)6-13-7-10(8)12/h6-7H,3-5H2,1-2H3. The minimum absolute atomic E-state index is 0.0999. The Kier molecular flexibility index (Phi) is 1.86. The van der Waals surface area contributed by atoms with E-state index in [2.05, 4.69) is 18.8 Å². The number of fused-ring (bicyclic) bond motifs is 1. The van der Waals surface area contributed by atoms with Crippen LogP contribution in [0.4, 0.5) is 4.39 Å². The third-order valence-electron chi connectivity index (χ3n) is 2.96. The van der Waals surface area contributed by atoms with Gasteiger partial charge in [0.25, 0.3) is 0 Å². The van der Waals surface area contributed by atoms with E-state index < -0.39 is 0 Å². The molecule has 1 aliphatic carbocycles. The number of pyridine rings is 1. The molecule has 0 saturated heterocycles. The molecule has 0 unspecified atom stereocenters. The Morgan fingerprint density at radius 2 is 2.15 bits per heavy atom. The molecule has 0 amide bonds. The molecular formula is C11H14FN. The van der Waals surface area contributed by atoms with E-state index in [-0.39, 0.29) is 11.2 Å². The molecule has 0 aliphatic heterocycles. The normalized spacial score (nSPS) is 19.6. The van der Waals surface area contributed by atoms with Gasteiger partial charge in [-0.2, -0.15) is 0 Å². The van der Waals surface area contributed by atoms with E-state index >= 15 is 0 Å². The van der Waals surface area contributed by atoms with Gasteiger partial charge in [0.15, 0.2) is 0 Å². The van der Waals surface area contributed by atoms with Crippen LogP contribution in [0.5, 0.6) is 0 Å². The average molecular weight is 179 g/mol.